The first kappa shape index (κ1) is 23.0. The van der Waals surface area contributed by atoms with Gasteiger partial charge >= 0.3 is 0 Å². The Bertz CT molecular complexity index is 735. The summed E-state index contributed by atoms with van der Waals surface area (Å²) in [6.07, 6.45) is 2.79. The molecule has 1 aromatic heterocycles. The van der Waals surface area contributed by atoms with Gasteiger partial charge in [-0.1, -0.05) is 6.07 Å². The Hall–Kier alpha value is -2.03. The van der Waals surface area contributed by atoms with Crippen LogP contribution < -0.4 is 20.1 Å². The summed E-state index contributed by atoms with van der Waals surface area (Å²) in [6.45, 7) is 4.82. The van der Waals surface area contributed by atoms with Gasteiger partial charge in [0, 0.05) is 31.0 Å². The van der Waals surface area contributed by atoms with Crippen LogP contribution in [-0.2, 0) is 6.42 Å². The second-order valence-corrected chi connectivity index (χ2v) is 6.03. The molecule has 1 heterocycles. The number of nitrogens with zero attached hydrogens (tertiary/aromatic N) is 2. The molecular formula is C20H29IN4O2. The largest absolute Gasteiger partial charge is 0.497 e. The fourth-order valence-corrected chi connectivity index (χ4v) is 2.63. The fraction of sp³-hybridized carbons (Fsp3) is 0.400. The average Bonchev–Trinajstić information content (AvgIpc) is 2.67. The summed E-state index contributed by atoms with van der Waals surface area (Å²) in [5, 5.41) is 6.73. The number of aryl methyl sites for hydroxylation is 1. The number of rotatable bonds is 7. The number of hydrogen-bond acceptors (Lipinski definition) is 4. The van der Waals surface area contributed by atoms with Crippen molar-refractivity contribution in [3.05, 3.63) is 53.3 Å². The number of aliphatic imine (C=N–C) groups is 1. The first-order valence-electron chi connectivity index (χ1n) is 8.68. The Morgan fingerprint density at radius 2 is 1.96 bits per heavy atom. The minimum absolute atomic E-state index is 0. The summed E-state index contributed by atoms with van der Waals surface area (Å²) >= 11 is 0. The number of methoxy groups -OCH3 is 2. The van der Waals surface area contributed by atoms with Crippen molar-refractivity contribution in [1.29, 1.82) is 0 Å². The van der Waals surface area contributed by atoms with Gasteiger partial charge in [0.15, 0.2) is 5.96 Å². The molecular weight excluding hydrogens is 455 g/mol. The van der Waals surface area contributed by atoms with Crippen LogP contribution in [0.1, 0.15) is 29.8 Å². The summed E-state index contributed by atoms with van der Waals surface area (Å²) < 4.78 is 10.8. The van der Waals surface area contributed by atoms with E-state index in [9.17, 15) is 0 Å². The molecule has 2 N–H and O–H groups in total. The fourth-order valence-electron chi connectivity index (χ4n) is 2.63. The van der Waals surface area contributed by atoms with Crippen molar-refractivity contribution in [2.45, 2.75) is 26.3 Å². The van der Waals surface area contributed by atoms with Gasteiger partial charge in [0.2, 0.25) is 0 Å². The van der Waals surface area contributed by atoms with Crippen molar-refractivity contribution >= 4 is 29.9 Å². The van der Waals surface area contributed by atoms with Crippen LogP contribution in [0.15, 0.2) is 41.5 Å². The van der Waals surface area contributed by atoms with E-state index in [2.05, 4.69) is 33.6 Å². The molecule has 2 rings (SSSR count). The number of benzene rings is 1. The molecule has 1 atom stereocenters. The van der Waals surface area contributed by atoms with Crippen molar-refractivity contribution in [3.63, 3.8) is 0 Å². The van der Waals surface area contributed by atoms with E-state index in [1.54, 1.807) is 21.3 Å². The SMILES string of the molecule is CN=C(NCCc1ccc(C)nc1)NC(C)c1cc(OC)ccc1OC.I. The lowest BCUT2D eigenvalue weighted by Gasteiger charge is -2.21. The number of guanidine groups is 1. The van der Waals surface area contributed by atoms with Gasteiger partial charge in [-0.05, 0) is 50.1 Å². The van der Waals surface area contributed by atoms with Crippen LogP contribution in [0.4, 0.5) is 0 Å². The molecule has 0 aliphatic heterocycles. The molecule has 0 radical (unpaired) electrons. The van der Waals surface area contributed by atoms with Crippen LogP contribution in [0.5, 0.6) is 11.5 Å². The van der Waals surface area contributed by atoms with Crippen LogP contribution in [0.3, 0.4) is 0 Å². The topological polar surface area (TPSA) is 67.8 Å². The highest BCUT2D eigenvalue weighted by Crippen LogP contribution is 2.29. The van der Waals surface area contributed by atoms with E-state index in [-0.39, 0.29) is 30.0 Å². The van der Waals surface area contributed by atoms with Crippen molar-refractivity contribution < 1.29 is 9.47 Å². The second-order valence-electron chi connectivity index (χ2n) is 6.03. The van der Waals surface area contributed by atoms with Gasteiger partial charge in [-0.3, -0.25) is 9.98 Å². The highest BCUT2D eigenvalue weighted by atomic mass is 127. The van der Waals surface area contributed by atoms with E-state index in [1.807, 2.05) is 37.4 Å². The standard InChI is InChI=1S/C20H28N4O2.HI/c1-14-6-7-16(13-23-14)10-11-22-20(21-3)24-15(2)18-12-17(25-4)8-9-19(18)26-5;/h6-9,12-13,15H,10-11H2,1-5H3,(H2,21,22,24);1H. The number of pyridine rings is 1. The molecule has 0 amide bonds. The zero-order valence-electron chi connectivity index (χ0n) is 16.6. The third-order valence-corrected chi connectivity index (χ3v) is 4.16. The predicted octanol–water partition coefficient (Wildman–Crippen LogP) is 3.49. The van der Waals surface area contributed by atoms with Gasteiger partial charge in [-0.25, -0.2) is 0 Å². The Kier molecular flexibility index (Phi) is 9.92. The maximum atomic E-state index is 5.47. The van der Waals surface area contributed by atoms with Gasteiger partial charge in [-0.15, -0.1) is 24.0 Å². The van der Waals surface area contributed by atoms with E-state index >= 15 is 0 Å². The molecule has 1 aromatic carbocycles. The molecule has 0 aliphatic carbocycles. The van der Waals surface area contributed by atoms with Crippen molar-refractivity contribution in [2.24, 2.45) is 4.99 Å². The lowest BCUT2D eigenvalue weighted by molar-refractivity contribution is 0.394. The van der Waals surface area contributed by atoms with Crippen molar-refractivity contribution in [3.8, 4) is 11.5 Å². The minimum atomic E-state index is 0. The first-order valence-corrected chi connectivity index (χ1v) is 8.68. The van der Waals surface area contributed by atoms with Crippen LogP contribution in [0.2, 0.25) is 0 Å². The van der Waals surface area contributed by atoms with E-state index < -0.39 is 0 Å². The number of ether oxygens (including phenoxy) is 2. The van der Waals surface area contributed by atoms with Crippen LogP contribution >= 0.6 is 24.0 Å². The Labute approximate surface area is 178 Å². The minimum Gasteiger partial charge on any atom is -0.497 e. The number of hydrogen-bond donors (Lipinski definition) is 2. The molecule has 27 heavy (non-hydrogen) atoms. The highest BCUT2D eigenvalue weighted by molar-refractivity contribution is 14.0. The normalized spacial score (nSPS) is 12.0. The molecule has 0 saturated carbocycles. The molecule has 148 valence electrons. The summed E-state index contributed by atoms with van der Waals surface area (Å²) in [5.41, 5.74) is 3.24. The summed E-state index contributed by atoms with van der Waals surface area (Å²) in [5.74, 6) is 2.35. The highest BCUT2D eigenvalue weighted by Gasteiger charge is 2.14. The van der Waals surface area contributed by atoms with E-state index in [4.69, 9.17) is 9.47 Å². The van der Waals surface area contributed by atoms with Gasteiger partial charge in [-0.2, -0.15) is 0 Å². The Balaban J connectivity index is 0.00000364. The molecule has 0 saturated heterocycles. The quantitative estimate of drug-likeness (QED) is 0.358. The van der Waals surface area contributed by atoms with Crippen LogP contribution in [0, 0.1) is 6.92 Å². The maximum absolute atomic E-state index is 5.47. The summed E-state index contributed by atoms with van der Waals surface area (Å²) in [6, 6.07) is 9.91. The lowest BCUT2D eigenvalue weighted by Crippen LogP contribution is -2.39. The molecule has 0 aliphatic rings. The predicted molar refractivity (Wildman–Crippen MR) is 121 cm³/mol. The Morgan fingerprint density at radius 1 is 1.19 bits per heavy atom. The molecule has 2 aromatic rings. The summed E-state index contributed by atoms with van der Waals surface area (Å²) in [7, 11) is 5.09. The number of halogens is 1. The first-order chi connectivity index (χ1) is 12.6. The smallest absolute Gasteiger partial charge is 0.191 e. The molecule has 0 fully saturated rings. The molecule has 0 bridgehead atoms. The Morgan fingerprint density at radius 3 is 2.56 bits per heavy atom. The molecule has 1 unspecified atom stereocenters. The average molecular weight is 484 g/mol. The third kappa shape index (κ3) is 6.89. The van der Waals surface area contributed by atoms with Crippen molar-refractivity contribution in [2.75, 3.05) is 27.8 Å². The van der Waals surface area contributed by atoms with Crippen LogP contribution in [0.25, 0.3) is 0 Å². The lowest BCUT2D eigenvalue weighted by atomic mass is 10.1. The van der Waals surface area contributed by atoms with Crippen LogP contribution in [-0.4, -0.2) is 38.8 Å². The maximum Gasteiger partial charge on any atom is 0.191 e. The van der Waals surface area contributed by atoms with Gasteiger partial charge in [0.1, 0.15) is 11.5 Å². The van der Waals surface area contributed by atoms with Gasteiger partial charge in [0.05, 0.1) is 20.3 Å². The van der Waals surface area contributed by atoms with E-state index in [0.717, 1.165) is 41.7 Å². The number of aromatic nitrogens is 1. The molecule has 6 nitrogen and oxygen atoms in total. The molecule has 0 spiro atoms. The number of nitrogens with one attached hydrogen (secondary N) is 2. The molecule has 7 heteroatoms. The van der Waals surface area contributed by atoms with E-state index in [1.165, 1.54) is 5.56 Å². The van der Waals surface area contributed by atoms with Gasteiger partial charge < -0.3 is 20.1 Å². The zero-order valence-corrected chi connectivity index (χ0v) is 18.9. The second kappa shape index (κ2) is 11.6. The zero-order chi connectivity index (χ0) is 18.9. The van der Waals surface area contributed by atoms with E-state index in [0.29, 0.717) is 0 Å². The summed E-state index contributed by atoms with van der Waals surface area (Å²) in [4.78, 5) is 8.62. The van der Waals surface area contributed by atoms with Crippen molar-refractivity contribution in [1.82, 2.24) is 15.6 Å². The monoisotopic (exact) mass is 484 g/mol. The van der Waals surface area contributed by atoms with Gasteiger partial charge in [0.25, 0.3) is 0 Å². The third-order valence-electron chi connectivity index (χ3n) is 4.16.